The first-order valence-electron chi connectivity index (χ1n) is 9.46. The van der Waals surface area contributed by atoms with Crippen LogP contribution in [0.2, 0.25) is 0 Å². The van der Waals surface area contributed by atoms with Crippen molar-refractivity contribution in [1.29, 1.82) is 0 Å². The molecule has 9 nitrogen and oxygen atoms in total. The summed E-state index contributed by atoms with van der Waals surface area (Å²) in [5, 5.41) is 16.8. The number of amides is 3. The highest BCUT2D eigenvalue weighted by Crippen LogP contribution is 2.07. The molecular formula is C18H34N4O5S2. The van der Waals surface area contributed by atoms with Crippen LogP contribution in [-0.2, 0) is 19.2 Å². The summed E-state index contributed by atoms with van der Waals surface area (Å²) in [4.78, 5) is 48.0. The maximum absolute atomic E-state index is 12.5. The number of carboxylic acid groups (broad SMARTS) is 1. The molecule has 0 aliphatic carbocycles. The molecule has 11 heteroatoms. The normalized spacial score (nSPS) is 14.0. The zero-order chi connectivity index (χ0) is 22.4. The number of hydrogen-bond acceptors (Lipinski definition) is 7. The minimum Gasteiger partial charge on any atom is -0.480 e. The van der Waals surface area contributed by atoms with Gasteiger partial charge in [0.1, 0.15) is 12.1 Å². The lowest BCUT2D eigenvalue weighted by molar-refractivity contribution is -0.142. The number of carboxylic acids is 1. The number of carbonyl (C=O) groups is 4. The molecule has 0 spiro atoms. The monoisotopic (exact) mass is 450 g/mol. The zero-order valence-corrected chi connectivity index (χ0v) is 19.2. The van der Waals surface area contributed by atoms with Crippen LogP contribution in [0.1, 0.15) is 33.1 Å². The quantitative estimate of drug-likeness (QED) is 0.235. The summed E-state index contributed by atoms with van der Waals surface area (Å²) in [7, 11) is 0. The Labute approximate surface area is 181 Å². The molecule has 0 saturated carbocycles. The minimum atomic E-state index is -1.12. The van der Waals surface area contributed by atoms with Gasteiger partial charge in [0.15, 0.2) is 0 Å². The van der Waals surface area contributed by atoms with Crippen LogP contribution in [0.25, 0.3) is 0 Å². The summed E-state index contributed by atoms with van der Waals surface area (Å²) in [6, 6.07) is -2.60. The number of thioether (sulfide) groups is 2. The molecule has 0 aliphatic rings. The maximum atomic E-state index is 12.5. The molecule has 0 radical (unpaired) electrons. The van der Waals surface area contributed by atoms with Gasteiger partial charge in [0.05, 0.1) is 12.6 Å². The van der Waals surface area contributed by atoms with Crippen molar-refractivity contribution in [3.63, 3.8) is 0 Å². The lowest BCUT2D eigenvalue weighted by Gasteiger charge is -2.22. The second kappa shape index (κ2) is 15.4. The molecule has 168 valence electrons. The third-order valence-electron chi connectivity index (χ3n) is 3.98. The zero-order valence-electron chi connectivity index (χ0n) is 17.5. The average molecular weight is 451 g/mol. The van der Waals surface area contributed by atoms with Crippen LogP contribution < -0.4 is 21.7 Å². The van der Waals surface area contributed by atoms with Crippen LogP contribution in [0, 0.1) is 5.92 Å². The van der Waals surface area contributed by atoms with Crippen molar-refractivity contribution in [2.75, 3.05) is 30.6 Å². The first kappa shape index (κ1) is 27.5. The molecule has 6 N–H and O–H groups in total. The Hall–Kier alpha value is -1.46. The molecular weight excluding hydrogens is 416 g/mol. The summed E-state index contributed by atoms with van der Waals surface area (Å²) in [5.41, 5.74) is 5.75. The van der Waals surface area contributed by atoms with Crippen molar-refractivity contribution >= 4 is 47.2 Å². The molecule has 0 aromatic carbocycles. The van der Waals surface area contributed by atoms with Crippen molar-refractivity contribution in [3.8, 4) is 0 Å². The second-order valence-electron chi connectivity index (χ2n) is 7.04. The predicted octanol–water partition coefficient (Wildman–Crippen LogP) is 0.0364. The molecule has 29 heavy (non-hydrogen) atoms. The fourth-order valence-electron chi connectivity index (χ4n) is 2.39. The molecule has 0 aromatic rings. The number of nitrogens with one attached hydrogen (secondary N) is 3. The topological polar surface area (TPSA) is 151 Å². The number of rotatable bonds is 15. The smallest absolute Gasteiger partial charge is 0.326 e. The average Bonchev–Trinajstić information content (AvgIpc) is 2.66. The molecule has 0 heterocycles. The minimum absolute atomic E-state index is 0.0844. The van der Waals surface area contributed by atoms with Crippen molar-refractivity contribution in [3.05, 3.63) is 0 Å². The summed E-state index contributed by atoms with van der Waals surface area (Å²) in [6.07, 6.45) is 4.90. The van der Waals surface area contributed by atoms with Crippen LogP contribution in [0.3, 0.4) is 0 Å². The van der Waals surface area contributed by atoms with E-state index in [0.717, 1.165) is 5.75 Å². The highest BCUT2D eigenvalue weighted by Gasteiger charge is 2.27. The van der Waals surface area contributed by atoms with Gasteiger partial charge in [-0.25, -0.2) is 4.79 Å². The Balaban J connectivity index is 4.79. The number of aliphatic carboxylic acids is 1. The molecule has 0 aliphatic heterocycles. The lowest BCUT2D eigenvalue weighted by Crippen LogP contribution is -2.54. The van der Waals surface area contributed by atoms with Gasteiger partial charge in [0.25, 0.3) is 0 Å². The van der Waals surface area contributed by atoms with Crippen molar-refractivity contribution < 1.29 is 24.3 Å². The van der Waals surface area contributed by atoms with E-state index in [-0.39, 0.29) is 18.9 Å². The Bertz CT molecular complexity index is 548. The summed E-state index contributed by atoms with van der Waals surface area (Å²) >= 11 is 3.08. The first-order valence-corrected chi connectivity index (χ1v) is 12.2. The maximum Gasteiger partial charge on any atom is 0.326 e. The van der Waals surface area contributed by atoms with E-state index >= 15 is 0 Å². The van der Waals surface area contributed by atoms with Crippen LogP contribution >= 0.6 is 23.5 Å². The van der Waals surface area contributed by atoms with Gasteiger partial charge in [-0.05, 0) is 49.2 Å². The first-order chi connectivity index (χ1) is 13.6. The molecule has 0 rings (SSSR count). The predicted molar refractivity (Wildman–Crippen MR) is 118 cm³/mol. The van der Waals surface area contributed by atoms with Gasteiger partial charge >= 0.3 is 5.97 Å². The number of carbonyl (C=O) groups excluding carboxylic acids is 3. The highest BCUT2D eigenvalue weighted by atomic mass is 32.2. The molecule has 0 bridgehead atoms. The van der Waals surface area contributed by atoms with Gasteiger partial charge < -0.3 is 26.8 Å². The fourth-order valence-corrected chi connectivity index (χ4v) is 3.35. The van der Waals surface area contributed by atoms with E-state index in [9.17, 15) is 24.3 Å². The Morgan fingerprint density at radius 3 is 2.03 bits per heavy atom. The van der Waals surface area contributed by atoms with Gasteiger partial charge in [-0.15, -0.1) is 0 Å². The largest absolute Gasteiger partial charge is 0.480 e. The summed E-state index contributed by atoms with van der Waals surface area (Å²) < 4.78 is 0. The van der Waals surface area contributed by atoms with Crippen LogP contribution in [0.4, 0.5) is 0 Å². The van der Waals surface area contributed by atoms with Crippen molar-refractivity contribution in [1.82, 2.24) is 16.0 Å². The van der Waals surface area contributed by atoms with Crippen LogP contribution in [-0.4, -0.2) is 77.5 Å². The Morgan fingerprint density at radius 1 is 0.931 bits per heavy atom. The highest BCUT2D eigenvalue weighted by molar-refractivity contribution is 7.98. The van der Waals surface area contributed by atoms with Crippen molar-refractivity contribution in [2.45, 2.75) is 51.2 Å². The lowest BCUT2D eigenvalue weighted by atomic mass is 10.0. The summed E-state index contributed by atoms with van der Waals surface area (Å²) in [5.74, 6) is -1.21. The third-order valence-corrected chi connectivity index (χ3v) is 5.26. The molecule has 3 atom stereocenters. The van der Waals surface area contributed by atoms with E-state index in [0.29, 0.717) is 18.6 Å². The molecule has 0 fully saturated rings. The van der Waals surface area contributed by atoms with E-state index in [1.807, 2.05) is 26.4 Å². The molecule has 0 aromatic heterocycles. The van der Waals surface area contributed by atoms with Crippen LogP contribution in [0.5, 0.6) is 0 Å². The standard InChI is InChI=1S/C18H34N4O5S2/c1-11(2)9-14(18(26)27)22-17(25)13(6-8-29-4)21-15(23)10-20-16(24)12(19)5-7-28-3/h11-14H,5-10,19H2,1-4H3,(H,20,24)(H,21,23)(H,22,25)(H,26,27). The van der Waals surface area contributed by atoms with Crippen LogP contribution in [0.15, 0.2) is 0 Å². The number of nitrogens with two attached hydrogens (primary N) is 1. The van der Waals surface area contributed by atoms with E-state index in [4.69, 9.17) is 5.73 Å². The number of hydrogen-bond donors (Lipinski definition) is 5. The Morgan fingerprint density at radius 2 is 1.52 bits per heavy atom. The molecule has 0 saturated heterocycles. The van der Waals surface area contributed by atoms with Crippen molar-refractivity contribution in [2.24, 2.45) is 11.7 Å². The van der Waals surface area contributed by atoms with Gasteiger partial charge in [-0.3, -0.25) is 14.4 Å². The van der Waals surface area contributed by atoms with E-state index in [1.165, 1.54) is 11.8 Å². The third kappa shape index (κ3) is 12.7. The second-order valence-corrected chi connectivity index (χ2v) is 9.01. The van der Waals surface area contributed by atoms with Gasteiger partial charge in [-0.1, -0.05) is 13.8 Å². The van der Waals surface area contributed by atoms with Gasteiger partial charge in [-0.2, -0.15) is 23.5 Å². The SMILES string of the molecule is CSCCC(N)C(=O)NCC(=O)NC(CCSC)C(=O)NC(CC(C)C)C(=O)O. The molecule has 3 amide bonds. The van der Waals surface area contributed by atoms with Gasteiger partial charge in [0.2, 0.25) is 17.7 Å². The van der Waals surface area contributed by atoms with Gasteiger partial charge in [0, 0.05) is 0 Å². The molecule has 3 unspecified atom stereocenters. The fraction of sp³-hybridized carbons (Fsp3) is 0.778. The van der Waals surface area contributed by atoms with E-state index < -0.39 is 41.8 Å². The Kier molecular flexibility index (Phi) is 14.6. The van der Waals surface area contributed by atoms with E-state index in [1.54, 1.807) is 11.8 Å². The summed E-state index contributed by atoms with van der Waals surface area (Å²) in [6.45, 7) is 3.42. The van der Waals surface area contributed by atoms with E-state index in [2.05, 4.69) is 16.0 Å².